The molecule has 0 saturated carbocycles. The highest BCUT2D eigenvalue weighted by atomic mass is 32.3. The molecule has 0 aromatic heterocycles. The molecule has 0 aromatic rings. The van der Waals surface area contributed by atoms with E-state index in [4.69, 9.17) is 14.0 Å². The molecule has 14 heteroatoms. The second kappa shape index (κ2) is 34.3. The number of hydrogen-bond donors (Lipinski definition) is 7. The zero-order chi connectivity index (χ0) is 42.2. The van der Waals surface area contributed by atoms with Crippen LogP contribution >= 0.6 is 0 Å². The lowest BCUT2D eigenvalue weighted by Crippen LogP contribution is -2.61. The number of unbranched alkanes of at least 4 members (excludes halogenated alkanes) is 22. The SMILES string of the molecule is CCCCCCCC/C=C/CC/C=C/C(O)C(COC1OC(CO)C(O)C(OS(=O)(=O)O)C1O)NC(=O)C(O)CCCCCCCCCCCCCCCCCC. The Hall–Kier alpha value is -1.46. The Balaban J connectivity index is 2.61. The largest absolute Gasteiger partial charge is 0.397 e. The van der Waals surface area contributed by atoms with E-state index in [9.17, 15) is 38.7 Å². The van der Waals surface area contributed by atoms with Crippen LogP contribution in [0.1, 0.15) is 181 Å². The maximum atomic E-state index is 13.1. The molecule has 8 atom stereocenters. The number of nitrogens with one attached hydrogen (secondary N) is 1. The second-order valence-corrected chi connectivity index (χ2v) is 16.8. The topological polar surface area (TPSA) is 212 Å². The number of amides is 1. The number of rotatable bonds is 37. The summed E-state index contributed by atoms with van der Waals surface area (Å²) in [5.41, 5.74) is 0. The summed E-state index contributed by atoms with van der Waals surface area (Å²) in [6.45, 7) is 3.17. The van der Waals surface area contributed by atoms with Gasteiger partial charge >= 0.3 is 10.4 Å². The van der Waals surface area contributed by atoms with Crippen LogP contribution < -0.4 is 5.32 Å². The molecule has 0 aromatic carbocycles. The van der Waals surface area contributed by atoms with E-state index in [1.54, 1.807) is 6.08 Å². The molecule has 0 spiro atoms. The third-order valence-electron chi connectivity index (χ3n) is 10.6. The number of allylic oxidation sites excluding steroid dienone is 3. The third kappa shape index (κ3) is 27.1. The molecule has 1 rings (SSSR count). The van der Waals surface area contributed by atoms with E-state index in [0.717, 1.165) is 38.5 Å². The molecule has 1 amide bonds. The summed E-state index contributed by atoms with van der Waals surface area (Å²) in [4.78, 5) is 13.1. The van der Waals surface area contributed by atoms with E-state index < -0.39 is 78.5 Å². The fourth-order valence-electron chi connectivity index (χ4n) is 7.01. The molecular weight excluding hydrogens is 755 g/mol. The van der Waals surface area contributed by atoms with E-state index in [2.05, 4.69) is 35.5 Å². The van der Waals surface area contributed by atoms with Crippen molar-refractivity contribution in [3.63, 3.8) is 0 Å². The molecular formula is C43H81NO12S. The number of hydrogen-bond acceptors (Lipinski definition) is 11. The highest BCUT2D eigenvalue weighted by molar-refractivity contribution is 7.80. The molecule has 57 heavy (non-hydrogen) atoms. The van der Waals surface area contributed by atoms with E-state index in [1.807, 2.05) is 0 Å². The highest BCUT2D eigenvalue weighted by Crippen LogP contribution is 2.26. The quantitative estimate of drug-likeness (QED) is 0.0189. The van der Waals surface area contributed by atoms with E-state index in [1.165, 1.54) is 115 Å². The van der Waals surface area contributed by atoms with Gasteiger partial charge in [0.2, 0.25) is 5.91 Å². The van der Waals surface area contributed by atoms with Gasteiger partial charge in [-0.15, -0.1) is 0 Å². The van der Waals surface area contributed by atoms with Crippen molar-refractivity contribution < 1.29 is 57.0 Å². The van der Waals surface area contributed by atoms with E-state index >= 15 is 0 Å². The third-order valence-corrected chi connectivity index (χ3v) is 11.1. The van der Waals surface area contributed by atoms with Gasteiger partial charge in [0.05, 0.1) is 25.4 Å². The molecule has 336 valence electrons. The first kappa shape index (κ1) is 53.6. The maximum absolute atomic E-state index is 13.1. The van der Waals surface area contributed by atoms with Crippen LogP contribution in [0.3, 0.4) is 0 Å². The molecule has 1 saturated heterocycles. The zero-order valence-electron chi connectivity index (χ0n) is 35.3. The summed E-state index contributed by atoms with van der Waals surface area (Å²) < 4.78 is 47.4. The zero-order valence-corrected chi connectivity index (χ0v) is 36.1. The van der Waals surface area contributed by atoms with Crippen LogP contribution in [0.5, 0.6) is 0 Å². The molecule has 13 nitrogen and oxygen atoms in total. The van der Waals surface area contributed by atoms with Crippen molar-refractivity contribution in [1.82, 2.24) is 5.32 Å². The van der Waals surface area contributed by atoms with E-state index in [-0.39, 0.29) is 6.42 Å². The van der Waals surface area contributed by atoms with E-state index in [0.29, 0.717) is 12.8 Å². The minimum Gasteiger partial charge on any atom is -0.394 e. The Morgan fingerprint density at radius 2 is 1.18 bits per heavy atom. The van der Waals surface area contributed by atoms with Gasteiger partial charge in [-0.05, 0) is 32.1 Å². The molecule has 1 aliphatic rings. The summed E-state index contributed by atoms with van der Waals surface area (Å²) in [6.07, 6.45) is 25.6. The van der Waals surface area contributed by atoms with Crippen LogP contribution in [0.25, 0.3) is 0 Å². The summed E-state index contributed by atoms with van der Waals surface area (Å²) in [7, 11) is -5.12. The Kier molecular flexibility index (Phi) is 32.2. The number of aliphatic hydroxyl groups excluding tert-OH is 5. The average molecular weight is 836 g/mol. The minimum absolute atomic E-state index is 0.240. The smallest absolute Gasteiger partial charge is 0.394 e. The van der Waals surface area contributed by atoms with Crippen LogP contribution in [-0.2, 0) is 28.9 Å². The van der Waals surface area contributed by atoms with Crippen molar-refractivity contribution in [1.29, 1.82) is 0 Å². The van der Waals surface area contributed by atoms with Crippen LogP contribution in [-0.4, -0.2) is 107 Å². The van der Waals surface area contributed by atoms with Gasteiger partial charge in [-0.2, -0.15) is 8.42 Å². The lowest BCUT2D eigenvalue weighted by Gasteiger charge is -2.41. The molecule has 1 fully saturated rings. The van der Waals surface area contributed by atoms with Gasteiger partial charge in [0, 0.05) is 0 Å². The first-order valence-electron chi connectivity index (χ1n) is 22.3. The lowest BCUT2D eigenvalue weighted by atomic mass is 9.99. The van der Waals surface area contributed by atoms with Crippen LogP contribution in [0.15, 0.2) is 24.3 Å². The highest BCUT2D eigenvalue weighted by Gasteiger charge is 2.48. The number of ether oxygens (including phenoxy) is 2. The molecule has 7 N–H and O–H groups in total. The van der Waals surface area contributed by atoms with Crippen molar-refractivity contribution in [2.45, 2.75) is 230 Å². The monoisotopic (exact) mass is 836 g/mol. The van der Waals surface area contributed by atoms with Crippen molar-refractivity contribution in [3.05, 3.63) is 24.3 Å². The molecule has 0 bridgehead atoms. The van der Waals surface area contributed by atoms with Gasteiger partial charge in [0.15, 0.2) is 6.29 Å². The van der Waals surface area contributed by atoms with Crippen LogP contribution in [0, 0.1) is 0 Å². The molecule has 8 unspecified atom stereocenters. The van der Waals surface area contributed by atoms with Crippen LogP contribution in [0.4, 0.5) is 0 Å². The van der Waals surface area contributed by atoms with Gasteiger partial charge in [-0.3, -0.25) is 9.35 Å². The standard InChI is InChI=1S/C43H81NO12S/c1-3-5-7-9-11-13-15-17-18-19-20-22-24-26-28-30-32-37(47)42(50)44-35(36(46)31-29-27-25-23-21-16-14-12-10-8-6-4-2)34-54-43-40(49)41(56-57(51,52)53)39(48)38(33-45)55-43/h21,23,29,31,35-41,43,45-49H,3-20,22,24-28,30,32-34H2,1-2H3,(H,44,50)(H,51,52,53)/b23-21+,31-29+. The predicted octanol–water partition coefficient (Wildman–Crippen LogP) is 7.13. The minimum atomic E-state index is -5.12. The number of carbonyl (C=O) groups excluding carboxylic acids is 1. The summed E-state index contributed by atoms with van der Waals surface area (Å²) in [5, 5.41) is 55.0. The predicted molar refractivity (Wildman–Crippen MR) is 224 cm³/mol. The average Bonchev–Trinajstić information content (AvgIpc) is 3.18. The van der Waals surface area contributed by atoms with Gasteiger partial charge < -0.3 is 40.3 Å². The second-order valence-electron chi connectivity index (χ2n) is 15.8. The van der Waals surface area contributed by atoms with Gasteiger partial charge in [0.1, 0.15) is 30.5 Å². The summed E-state index contributed by atoms with van der Waals surface area (Å²) >= 11 is 0. The van der Waals surface area contributed by atoms with Gasteiger partial charge in [-0.1, -0.05) is 173 Å². The Morgan fingerprint density at radius 3 is 1.68 bits per heavy atom. The Morgan fingerprint density at radius 1 is 0.702 bits per heavy atom. The Bertz CT molecular complexity index is 1140. The first-order chi connectivity index (χ1) is 27.4. The van der Waals surface area contributed by atoms with Crippen molar-refractivity contribution >= 4 is 16.3 Å². The summed E-state index contributed by atoms with van der Waals surface area (Å²) in [6, 6.07) is -1.13. The fourth-order valence-corrected chi connectivity index (χ4v) is 7.51. The van der Waals surface area contributed by atoms with Crippen molar-refractivity contribution in [2.24, 2.45) is 0 Å². The van der Waals surface area contributed by atoms with Crippen molar-refractivity contribution in [3.8, 4) is 0 Å². The number of carbonyl (C=O) groups is 1. The molecule has 1 heterocycles. The Labute approximate surface area is 345 Å². The molecule has 0 aliphatic carbocycles. The summed E-state index contributed by atoms with van der Waals surface area (Å²) in [5.74, 6) is -0.712. The van der Waals surface area contributed by atoms with Gasteiger partial charge in [0.25, 0.3) is 0 Å². The molecule has 0 radical (unpaired) electrons. The van der Waals surface area contributed by atoms with Gasteiger partial charge in [-0.25, -0.2) is 4.18 Å². The fraction of sp³-hybridized carbons (Fsp3) is 0.884. The maximum Gasteiger partial charge on any atom is 0.397 e. The lowest BCUT2D eigenvalue weighted by molar-refractivity contribution is -0.298. The first-order valence-corrected chi connectivity index (χ1v) is 23.7. The van der Waals surface area contributed by atoms with Crippen molar-refractivity contribution in [2.75, 3.05) is 13.2 Å². The van der Waals surface area contributed by atoms with Crippen LogP contribution in [0.2, 0.25) is 0 Å². The molecule has 1 aliphatic heterocycles. The number of aliphatic hydroxyl groups is 5. The normalized spacial score (nSPS) is 22.0.